The number of sulfonamides is 1. The quantitative estimate of drug-likeness (QED) is 0.383. The Morgan fingerprint density at radius 3 is 2.44 bits per heavy atom. The lowest BCUT2D eigenvalue weighted by Crippen LogP contribution is -2.17. The van der Waals surface area contributed by atoms with Crippen LogP contribution < -0.4 is 10.2 Å². The summed E-state index contributed by atoms with van der Waals surface area (Å²) in [6.07, 6.45) is 5.11. The first-order valence-corrected chi connectivity index (χ1v) is 9.27. The smallest absolute Gasteiger partial charge is 0.261 e. The largest absolute Gasteiger partial charge is 0.289 e. The Morgan fingerprint density at radius 1 is 1.04 bits per heavy atom. The fourth-order valence-electron chi connectivity index (χ4n) is 2.19. The highest BCUT2D eigenvalue weighted by atomic mass is 32.2. The van der Waals surface area contributed by atoms with Crippen LogP contribution in [0.4, 0.5) is 5.69 Å². The lowest BCUT2D eigenvalue weighted by Gasteiger charge is -2.10. The Labute approximate surface area is 147 Å². The summed E-state index contributed by atoms with van der Waals surface area (Å²) in [6, 6.07) is 15.2. The van der Waals surface area contributed by atoms with E-state index in [0.717, 1.165) is 5.56 Å². The zero-order chi connectivity index (χ0) is 18.1. The van der Waals surface area contributed by atoms with Gasteiger partial charge in [-0.05, 0) is 36.6 Å². The van der Waals surface area contributed by atoms with Gasteiger partial charge in [0, 0.05) is 6.42 Å². The number of unbranched alkanes of at least 4 members (excludes halogenated alkanes) is 1. The van der Waals surface area contributed by atoms with Crippen molar-refractivity contribution in [3.05, 3.63) is 66.2 Å². The van der Waals surface area contributed by atoms with E-state index >= 15 is 0 Å². The molecule has 0 radical (unpaired) electrons. The highest BCUT2D eigenvalue weighted by Crippen LogP contribution is 2.21. The fourth-order valence-corrected chi connectivity index (χ4v) is 3.29. The number of hydrogen-bond acceptors (Lipinski definition) is 4. The van der Waals surface area contributed by atoms with Gasteiger partial charge in [-0.15, -0.1) is 0 Å². The zero-order valence-electron chi connectivity index (χ0n) is 13.6. The van der Waals surface area contributed by atoms with Crippen LogP contribution in [0, 0.1) is 0 Å². The first-order chi connectivity index (χ1) is 12.0. The molecule has 0 bridgehead atoms. The van der Waals surface area contributed by atoms with Crippen LogP contribution in [0.5, 0.6) is 0 Å². The number of amides is 1. The number of benzene rings is 2. The minimum absolute atomic E-state index is 0.198. The van der Waals surface area contributed by atoms with Crippen LogP contribution >= 0.6 is 0 Å². The number of para-hydroxylation sites is 1. The molecule has 0 aliphatic rings. The van der Waals surface area contributed by atoms with Crippen LogP contribution in [-0.2, 0) is 14.8 Å². The summed E-state index contributed by atoms with van der Waals surface area (Å²) in [5.74, 6) is -0.426. The van der Waals surface area contributed by atoms with E-state index in [4.69, 9.17) is 5.21 Å². The normalized spacial score (nSPS) is 11.4. The summed E-state index contributed by atoms with van der Waals surface area (Å²) >= 11 is 0. The monoisotopic (exact) mass is 360 g/mol. The lowest BCUT2D eigenvalue weighted by atomic mass is 10.1. The van der Waals surface area contributed by atoms with Gasteiger partial charge < -0.3 is 0 Å². The van der Waals surface area contributed by atoms with Gasteiger partial charge in [0.2, 0.25) is 5.91 Å². The Morgan fingerprint density at radius 2 is 1.72 bits per heavy atom. The van der Waals surface area contributed by atoms with Gasteiger partial charge in [-0.3, -0.25) is 14.7 Å². The number of hydroxylamine groups is 1. The molecule has 0 saturated carbocycles. The Kier molecular flexibility index (Phi) is 6.73. The molecule has 0 aliphatic carbocycles. The number of nitrogens with one attached hydrogen (secondary N) is 2. The van der Waals surface area contributed by atoms with E-state index in [-0.39, 0.29) is 11.3 Å². The van der Waals surface area contributed by atoms with Crippen molar-refractivity contribution in [2.45, 2.75) is 24.2 Å². The Balaban J connectivity index is 2.07. The van der Waals surface area contributed by atoms with E-state index in [2.05, 4.69) is 4.72 Å². The lowest BCUT2D eigenvalue weighted by molar-refractivity contribution is -0.129. The summed E-state index contributed by atoms with van der Waals surface area (Å²) in [4.78, 5) is 11.1. The Hall–Kier alpha value is -2.64. The van der Waals surface area contributed by atoms with Gasteiger partial charge in [-0.2, -0.15) is 0 Å². The highest BCUT2D eigenvalue weighted by Gasteiger charge is 2.14. The molecule has 0 aromatic heterocycles. The minimum Gasteiger partial charge on any atom is -0.289 e. The molecule has 0 heterocycles. The van der Waals surface area contributed by atoms with Gasteiger partial charge >= 0.3 is 0 Å². The summed E-state index contributed by atoms with van der Waals surface area (Å²) in [5.41, 5.74) is 2.80. The second-order valence-corrected chi connectivity index (χ2v) is 7.02. The maximum atomic E-state index is 12.4. The van der Waals surface area contributed by atoms with Gasteiger partial charge in [0.05, 0.1) is 10.6 Å². The van der Waals surface area contributed by atoms with E-state index in [9.17, 15) is 13.2 Å². The molecule has 0 atom stereocenters. The van der Waals surface area contributed by atoms with Gasteiger partial charge in [0.25, 0.3) is 10.0 Å². The van der Waals surface area contributed by atoms with Crippen LogP contribution in [0.2, 0.25) is 0 Å². The molecule has 2 rings (SSSR count). The summed E-state index contributed by atoms with van der Waals surface area (Å²) in [5, 5.41) is 8.43. The first kappa shape index (κ1) is 18.7. The predicted molar refractivity (Wildman–Crippen MR) is 96.5 cm³/mol. The standard InChI is InChI=1S/C18H20N2O4S/c21-18(19-22)14-6-1-3-9-15-10-7-8-13-17(15)20-25(23,24)16-11-4-2-5-12-16/h2-5,7-13,20,22H,1,6,14H2,(H,19,21). The molecule has 6 nitrogen and oxygen atoms in total. The van der Waals surface area contributed by atoms with E-state index in [1.54, 1.807) is 48.0 Å². The molecule has 1 amide bonds. The van der Waals surface area contributed by atoms with E-state index in [1.807, 2.05) is 12.1 Å². The van der Waals surface area contributed by atoms with E-state index in [0.29, 0.717) is 18.5 Å². The molecule has 0 spiro atoms. The summed E-state index contributed by atoms with van der Waals surface area (Å²) in [7, 11) is -3.65. The Bertz CT molecular complexity index is 833. The van der Waals surface area contributed by atoms with Gasteiger partial charge in [0.1, 0.15) is 0 Å². The van der Waals surface area contributed by atoms with Crippen LogP contribution in [0.1, 0.15) is 24.8 Å². The van der Waals surface area contributed by atoms with Crippen molar-refractivity contribution in [1.29, 1.82) is 0 Å². The maximum Gasteiger partial charge on any atom is 0.261 e. The second kappa shape index (κ2) is 9.00. The second-order valence-electron chi connectivity index (χ2n) is 5.34. The number of carbonyl (C=O) groups excluding carboxylic acids is 1. The SMILES string of the molecule is O=C(CCCC=Cc1ccccc1NS(=O)(=O)c1ccccc1)NO. The molecule has 0 saturated heterocycles. The molecule has 0 aliphatic heterocycles. The van der Waals surface area contributed by atoms with Crippen molar-refractivity contribution in [1.82, 2.24) is 5.48 Å². The summed E-state index contributed by atoms with van der Waals surface area (Å²) in [6.45, 7) is 0. The fraction of sp³-hybridized carbons (Fsp3) is 0.167. The molecule has 132 valence electrons. The molecule has 2 aromatic carbocycles. The van der Waals surface area contributed by atoms with Gasteiger partial charge in [-0.25, -0.2) is 13.9 Å². The summed E-state index contributed by atoms with van der Waals surface area (Å²) < 4.78 is 27.5. The highest BCUT2D eigenvalue weighted by molar-refractivity contribution is 7.92. The number of rotatable bonds is 8. The number of hydrogen-bond donors (Lipinski definition) is 3. The molecule has 0 fully saturated rings. The molecule has 25 heavy (non-hydrogen) atoms. The van der Waals surface area contributed by atoms with Gasteiger partial charge in [-0.1, -0.05) is 48.6 Å². The van der Waals surface area contributed by atoms with E-state index in [1.165, 1.54) is 12.1 Å². The van der Waals surface area contributed by atoms with Gasteiger partial charge in [0.15, 0.2) is 0 Å². The van der Waals surface area contributed by atoms with Crippen molar-refractivity contribution < 1.29 is 18.4 Å². The first-order valence-electron chi connectivity index (χ1n) is 7.79. The third-order valence-electron chi connectivity index (χ3n) is 3.46. The zero-order valence-corrected chi connectivity index (χ0v) is 14.4. The maximum absolute atomic E-state index is 12.4. The molecular formula is C18H20N2O4S. The molecule has 7 heteroatoms. The van der Waals surface area contributed by atoms with Crippen LogP contribution in [-0.4, -0.2) is 19.5 Å². The van der Waals surface area contributed by atoms with Crippen molar-refractivity contribution in [3.8, 4) is 0 Å². The average Bonchev–Trinajstić information content (AvgIpc) is 2.63. The van der Waals surface area contributed by atoms with Crippen LogP contribution in [0.25, 0.3) is 6.08 Å². The van der Waals surface area contributed by atoms with Crippen LogP contribution in [0.15, 0.2) is 65.6 Å². The van der Waals surface area contributed by atoms with Crippen molar-refractivity contribution in [3.63, 3.8) is 0 Å². The number of anilines is 1. The topological polar surface area (TPSA) is 95.5 Å². The minimum atomic E-state index is -3.65. The van der Waals surface area contributed by atoms with Crippen LogP contribution in [0.3, 0.4) is 0 Å². The molecule has 2 aromatic rings. The van der Waals surface area contributed by atoms with Crippen molar-refractivity contribution >= 4 is 27.7 Å². The molecule has 3 N–H and O–H groups in total. The third-order valence-corrected chi connectivity index (χ3v) is 4.84. The van der Waals surface area contributed by atoms with Crippen molar-refractivity contribution in [2.75, 3.05) is 4.72 Å². The number of allylic oxidation sites excluding steroid dienone is 1. The predicted octanol–water partition coefficient (Wildman–Crippen LogP) is 3.18. The van der Waals surface area contributed by atoms with Crippen molar-refractivity contribution in [2.24, 2.45) is 0 Å². The number of carbonyl (C=O) groups is 1. The molecule has 0 unspecified atom stereocenters. The third kappa shape index (κ3) is 5.74. The average molecular weight is 360 g/mol. The molecular weight excluding hydrogens is 340 g/mol. The van der Waals surface area contributed by atoms with E-state index < -0.39 is 15.9 Å².